The van der Waals surface area contributed by atoms with Crippen LogP contribution in [0, 0.1) is 6.92 Å². The van der Waals surface area contributed by atoms with E-state index in [1.54, 1.807) is 7.05 Å². The maximum atomic E-state index is 12.3. The number of aromatic nitrogens is 4. The Balaban J connectivity index is 1.63. The van der Waals surface area contributed by atoms with E-state index in [2.05, 4.69) is 40.7 Å². The Bertz CT molecular complexity index is 1070. The largest absolute Gasteiger partial charge is 0.391 e. The predicted octanol–water partition coefficient (Wildman–Crippen LogP) is 3.09. The summed E-state index contributed by atoms with van der Waals surface area (Å²) in [5.74, 6) is 0.507. The summed E-state index contributed by atoms with van der Waals surface area (Å²) in [5.41, 5.74) is 5.58. The molecule has 0 aliphatic heterocycles. The molecular formula is C21H23N5O2. The van der Waals surface area contributed by atoms with Crippen LogP contribution in [0.3, 0.4) is 0 Å². The van der Waals surface area contributed by atoms with E-state index in [-0.39, 0.29) is 12.3 Å². The van der Waals surface area contributed by atoms with Crippen molar-refractivity contribution in [1.29, 1.82) is 0 Å². The second-order valence-electron chi connectivity index (χ2n) is 7.23. The van der Waals surface area contributed by atoms with Gasteiger partial charge in [-0.25, -0.2) is 4.79 Å². The minimum atomic E-state index is -0.284. The molecule has 1 saturated carbocycles. The van der Waals surface area contributed by atoms with Gasteiger partial charge in [0.05, 0.1) is 11.4 Å². The molecule has 0 amide bonds. The zero-order chi connectivity index (χ0) is 19.7. The second kappa shape index (κ2) is 7.42. The molecule has 4 rings (SSSR count). The molecule has 0 atom stereocenters. The number of hydrogen-bond acceptors (Lipinski definition) is 5. The van der Waals surface area contributed by atoms with Crippen molar-refractivity contribution in [1.82, 2.24) is 19.8 Å². The molecule has 0 radical (unpaired) electrons. The molecule has 0 spiro atoms. The van der Waals surface area contributed by atoms with Crippen molar-refractivity contribution in [3.63, 3.8) is 0 Å². The van der Waals surface area contributed by atoms with Crippen LogP contribution >= 0.6 is 0 Å². The van der Waals surface area contributed by atoms with Crippen molar-refractivity contribution in [3.8, 4) is 5.69 Å². The minimum Gasteiger partial charge on any atom is -0.391 e. The first-order valence-electron chi connectivity index (χ1n) is 9.39. The summed E-state index contributed by atoms with van der Waals surface area (Å²) in [5, 5.41) is 12.1. The molecule has 7 heteroatoms. The van der Waals surface area contributed by atoms with Crippen LogP contribution in [0.25, 0.3) is 5.69 Å². The topological polar surface area (TPSA) is 74.3 Å². The number of aryl methyl sites for hydroxylation is 2. The number of oxime groups is 1. The van der Waals surface area contributed by atoms with Gasteiger partial charge in [0.1, 0.15) is 6.61 Å². The first-order valence-corrected chi connectivity index (χ1v) is 9.39. The fraction of sp³-hybridized carbons (Fsp3) is 0.333. The molecule has 1 aromatic heterocycles. The van der Waals surface area contributed by atoms with Gasteiger partial charge in [-0.15, -0.1) is 0 Å². The number of tetrazole rings is 1. The maximum absolute atomic E-state index is 12.3. The van der Waals surface area contributed by atoms with Gasteiger partial charge in [-0.05, 0) is 60.2 Å². The first-order chi connectivity index (χ1) is 13.5. The Kier molecular flexibility index (Phi) is 4.81. The molecule has 1 aliphatic carbocycles. The fourth-order valence-corrected chi connectivity index (χ4v) is 3.23. The zero-order valence-electron chi connectivity index (χ0n) is 16.3. The third kappa shape index (κ3) is 3.60. The van der Waals surface area contributed by atoms with E-state index in [0.29, 0.717) is 11.6 Å². The molecule has 1 fully saturated rings. The van der Waals surface area contributed by atoms with Crippen LogP contribution in [0.4, 0.5) is 0 Å². The predicted molar refractivity (Wildman–Crippen MR) is 107 cm³/mol. The van der Waals surface area contributed by atoms with E-state index in [1.807, 2.05) is 31.2 Å². The van der Waals surface area contributed by atoms with Crippen molar-refractivity contribution in [2.24, 2.45) is 12.2 Å². The third-order valence-corrected chi connectivity index (χ3v) is 5.03. The standard InChI is InChI=1S/C21H23N5O2/c1-14-7-9-16(10-8-14)15(2)22-28-13-19-18(17-11-12-17)5-4-6-20(19)26-21(27)25(3)23-24-26/h4-10,17H,11-13H2,1-3H3. The first kappa shape index (κ1) is 18.2. The monoisotopic (exact) mass is 377 g/mol. The molecule has 3 aromatic rings. The van der Waals surface area contributed by atoms with Gasteiger partial charge in [-0.2, -0.15) is 9.36 Å². The highest BCUT2D eigenvalue weighted by Gasteiger charge is 2.28. The number of hydrogen-bond donors (Lipinski definition) is 0. The quantitative estimate of drug-likeness (QED) is 0.489. The zero-order valence-corrected chi connectivity index (χ0v) is 16.3. The van der Waals surface area contributed by atoms with Crippen molar-refractivity contribution in [2.75, 3.05) is 0 Å². The van der Waals surface area contributed by atoms with Gasteiger partial charge in [0.25, 0.3) is 0 Å². The minimum absolute atomic E-state index is 0.272. The summed E-state index contributed by atoms with van der Waals surface area (Å²) in [6.45, 7) is 4.25. The average Bonchev–Trinajstić information content (AvgIpc) is 3.49. The maximum Gasteiger partial charge on any atom is 0.368 e. The van der Waals surface area contributed by atoms with E-state index in [0.717, 1.165) is 29.7 Å². The summed E-state index contributed by atoms with van der Waals surface area (Å²) >= 11 is 0. The van der Waals surface area contributed by atoms with E-state index in [9.17, 15) is 4.79 Å². The summed E-state index contributed by atoms with van der Waals surface area (Å²) in [4.78, 5) is 18.1. The molecule has 0 N–H and O–H groups in total. The molecule has 1 aliphatic rings. The molecule has 1 heterocycles. The molecule has 7 nitrogen and oxygen atoms in total. The highest BCUT2D eigenvalue weighted by molar-refractivity contribution is 5.98. The normalized spacial score (nSPS) is 14.3. The lowest BCUT2D eigenvalue weighted by atomic mass is 10.0. The van der Waals surface area contributed by atoms with Gasteiger partial charge in [0, 0.05) is 12.6 Å². The van der Waals surface area contributed by atoms with Crippen LogP contribution in [-0.2, 0) is 18.5 Å². The molecule has 28 heavy (non-hydrogen) atoms. The van der Waals surface area contributed by atoms with Gasteiger partial charge in [-0.3, -0.25) is 0 Å². The van der Waals surface area contributed by atoms with Crippen LogP contribution in [0.1, 0.15) is 47.9 Å². The van der Waals surface area contributed by atoms with Crippen molar-refractivity contribution < 1.29 is 4.84 Å². The Labute approximate surface area is 163 Å². The highest BCUT2D eigenvalue weighted by Crippen LogP contribution is 2.42. The van der Waals surface area contributed by atoms with Gasteiger partial charge >= 0.3 is 5.69 Å². The number of rotatable bonds is 6. The molecule has 0 unspecified atom stereocenters. The van der Waals surface area contributed by atoms with Crippen LogP contribution in [0.5, 0.6) is 0 Å². The van der Waals surface area contributed by atoms with Crippen LogP contribution in [0.2, 0.25) is 0 Å². The van der Waals surface area contributed by atoms with Crippen molar-refractivity contribution >= 4 is 5.71 Å². The van der Waals surface area contributed by atoms with E-state index in [1.165, 1.54) is 20.5 Å². The molecule has 0 saturated heterocycles. The van der Waals surface area contributed by atoms with E-state index < -0.39 is 0 Å². The lowest BCUT2D eigenvalue weighted by molar-refractivity contribution is 0.129. The summed E-state index contributed by atoms with van der Waals surface area (Å²) < 4.78 is 2.54. The number of nitrogens with zero attached hydrogens (tertiary/aromatic N) is 5. The smallest absolute Gasteiger partial charge is 0.368 e. The highest BCUT2D eigenvalue weighted by atomic mass is 16.6. The van der Waals surface area contributed by atoms with Crippen LogP contribution < -0.4 is 5.69 Å². The van der Waals surface area contributed by atoms with Gasteiger partial charge in [0.2, 0.25) is 0 Å². The van der Waals surface area contributed by atoms with Gasteiger partial charge < -0.3 is 4.84 Å². The molecule has 0 bridgehead atoms. The Morgan fingerprint density at radius 2 is 1.93 bits per heavy atom. The van der Waals surface area contributed by atoms with E-state index in [4.69, 9.17) is 4.84 Å². The van der Waals surface area contributed by atoms with E-state index >= 15 is 0 Å². The average molecular weight is 377 g/mol. The summed E-state index contributed by atoms with van der Waals surface area (Å²) in [6.07, 6.45) is 2.30. The lowest BCUT2D eigenvalue weighted by Crippen LogP contribution is -2.23. The lowest BCUT2D eigenvalue weighted by Gasteiger charge is -2.13. The van der Waals surface area contributed by atoms with Crippen molar-refractivity contribution in [2.45, 2.75) is 39.2 Å². The van der Waals surface area contributed by atoms with Gasteiger partial charge in [-0.1, -0.05) is 47.1 Å². The van der Waals surface area contributed by atoms with Crippen LogP contribution in [-0.4, -0.2) is 25.5 Å². The number of benzene rings is 2. The summed E-state index contributed by atoms with van der Waals surface area (Å²) in [6, 6.07) is 14.1. The SMILES string of the molecule is CC(=NOCc1c(C2CC2)cccc1-n1nnn(C)c1=O)c1ccc(C)cc1. The summed E-state index contributed by atoms with van der Waals surface area (Å²) in [7, 11) is 1.59. The second-order valence-corrected chi connectivity index (χ2v) is 7.23. The molecule has 2 aromatic carbocycles. The Hall–Kier alpha value is -3.22. The molecular weight excluding hydrogens is 354 g/mol. The Morgan fingerprint density at radius 1 is 1.18 bits per heavy atom. The molecule has 144 valence electrons. The van der Waals surface area contributed by atoms with Crippen molar-refractivity contribution in [3.05, 3.63) is 75.2 Å². The fourth-order valence-electron chi connectivity index (χ4n) is 3.23. The van der Waals surface area contributed by atoms with Crippen LogP contribution in [0.15, 0.2) is 52.4 Å². The Morgan fingerprint density at radius 3 is 2.57 bits per heavy atom. The third-order valence-electron chi connectivity index (χ3n) is 5.03. The van der Waals surface area contributed by atoms with Gasteiger partial charge in [0.15, 0.2) is 0 Å².